The number of nitrogens with zero attached hydrogens (tertiary/aromatic N) is 2. The van der Waals surface area contributed by atoms with Crippen molar-refractivity contribution in [3.63, 3.8) is 0 Å². The monoisotopic (exact) mass is 437 g/mol. The molecule has 1 aromatic heterocycles. The zero-order valence-electron chi connectivity index (χ0n) is 19.7. The van der Waals surface area contributed by atoms with E-state index < -0.39 is 0 Å². The van der Waals surface area contributed by atoms with Gasteiger partial charge in [-0.3, -0.25) is 4.79 Å². The first-order valence-electron chi connectivity index (χ1n) is 11.1. The molecule has 0 atom stereocenters. The molecule has 0 bridgehead atoms. The summed E-state index contributed by atoms with van der Waals surface area (Å²) in [7, 11) is 0. The van der Waals surface area contributed by atoms with Crippen LogP contribution in [0, 0.1) is 5.41 Å². The molecule has 168 valence electrons. The Balaban J connectivity index is 1.64. The smallest absolute Gasteiger partial charge is 0.248 e. The second-order valence-corrected chi connectivity index (χ2v) is 8.71. The van der Waals surface area contributed by atoms with E-state index in [9.17, 15) is 4.79 Å². The van der Waals surface area contributed by atoms with E-state index in [4.69, 9.17) is 0 Å². The standard InChI is InChI=1S/C29H31N3O/c1-22(11-7-5-10-14-28(33)32-25-12-8-6-9-13-25)15-16-27-23(2)26(17-18-29(27,3)4)24-19-30-21-31-20-24/h5-17,19-21H,18H2,1-4H3,(H,32,33)/b7-5+,14-10-,16-15+,22-11+. The average molecular weight is 438 g/mol. The molecule has 1 aliphatic carbocycles. The molecule has 0 saturated heterocycles. The SMILES string of the molecule is CC1=C(/C=C/C(C)=C/C=C/C=C\C(=O)Nc2ccccc2)C(C)(C)CC=C1c1cncnc1. The van der Waals surface area contributed by atoms with Gasteiger partial charge < -0.3 is 5.32 Å². The first-order valence-corrected chi connectivity index (χ1v) is 11.1. The van der Waals surface area contributed by atoms with Crippen molar-refractivity contribution < 1.29 is 4.79 Å². The van der Waals surface area contributed by atoms with Crippen LogP contribution >= 0.6 is 0 Å². The number of hydrogen-bond donors (Lipinski definition) is 1. The molecule has 0 saturated carbocycles. The van der Waals surface area contributed by atoms with E-state index in [0.717, 1.165) is 23.2 Å². The van der Waals surface area contributed by atoms with Crippen LogP contribution in [0.4, 0.5) is 5.69 Å². The van der Waals surface area contributed by atoms with Crippen molar-refractivity contribution in [3.8, 4) is 0 Å². The summed E-state index contributed by atoms with van der Waals surface area (Å²) >= 11 is 0. The van der Waals surface area contributed by atoms with Gasteiger partial charge in [0.15, 0.2) is 0 Å². The number of carbonyl (C=O) groups excluding carboxylic acids is 1. The molecule has 3 rings (SSSR count). The lowest BCUT2D eigenvalue weighted by Crippen LogP contribution is -2.18. The van der Waals surface area contributed by atoms with Crippen LogP contribution in [0.5, 0.6) is 0 Å². The number of carbonyl (C=O) groups is 1. The predicted molar refractivity (Wildman–Crippen MR) is 137 cm³/mol. The molecule has 1 heterocycles. The molecule has 0 spiro atoms. The molecule has 1 N–H and O–H groups in total. The summed E-state index contributed by atoms with van der Waals surface area (Å²) in [6.07, 6.45) is 22.0. The lowest BCUT2D eigenvalue weighted by molar-refractivity contribution is -0.111. The lowest BCUT2D eigenvalue weighted by atomic mass is 9.72. The Morgan fingerprint density at radius 2 is 1.76 bits per heavy atom. The summed E-state index contributed by atoms with van der Waals surface area (Å²) in [4.78, 5) is 20.3. The normalized spacial score (nSPS) is 16.6. The molecule has 0 unspecified atom stereocenters. The first-order chi connectivity index (χ1) is 15.9. The van der Waals surface area contributed by atoms with Gasteiger partial charge in [-0.25, -0.2) is 9.97 Å². The van der Waals surface area contributed by atoms with E-state index in [0.29, 0.717) is 0 Å². The number of benzene rings is 1. The Labute approximate surface area is 196 Å². The highest BCUT2D eigenvalue weighted by atomic mass is 16.1. The molecule has 1 aliphatic rings. The van der Waals surface area contributed by atoms with E-state index in [-0.39, 0.29) is 11.3 Å². The lowest BCUT2D eigenvalue weighted by Gasteiger charge is -2.32. The van der Waals surface area contributed by atoms with Gasteiger partial charge in [-0.05, 0) is 54.5 Å². The van der Waals surface area contributed by atoms with E-state index in [2.05, 4.69) is 61.2 Å². The molecule has 33 heavy (non-hydrogen) atoms. The highest BCUT2D eigenvalue weighted by Crippen LogP contribution is 2.43. The van der Waals surface area contributed by atoms with Crippen molar-refractivity contribution in [1.29, 1.82) is 0 Å². The van der Waals surface area contributed by atoms with Gasteiger partial charge in [-0.2, -0.15) is 0 Å². The Morgan fingerprint density at radius 3 is 2.48 bits per heavy atom. The van der Waals surface area contributed by atoms with E-state index in [1.165, 1.54) is 22.8 Å². The Kier molecular flexibility index (Phi) is 8.09. The maximum absolute atomic E-state index is 11.9. The second kappa shape index (κ2) is 11.2. The molecule has 0 aliphatic heterocycles. The van der Waals surface area contributed by atoms with Crippen molar-refractivity contribution in [2.24, 2.45) is 5.41 Å². The van der Waals surface area contributed by atoms with Crippen LogP contribution < -0.4 is 5.32 Å². The zero-order chi connectivity index (χ0) is 23.7. The molecule has 0 fully saturated rings. The third-order valence-electron chi connectivity index (χ3n) is 5.61. The fourth-order valence-corrected chi connectivity index (χ4v) is 3.79. The van der Waals surface area contributed by atoms with Gasteiger partial charge >= 0.3 is 0 Å². The molecule has 1 amide bonds. The number of para-hydroxylation sites is 1. The highest BCUT2D eigenvalue weighted by Gasteiger charge is 2.27. The quantitative estimate of drug-likeness (QED) is 0.380. The van der Waals surface area contributed by atoms with Gasteiger partial charge in [0, 0.05) is 29.7 Å². The fraction of sp³-hybridized carbons (Fsp3) is 0.207. The average Bonchev–Trinajstić information content (AvgIpc) is 2.79. The van der Waals surface area contributed by atoms with Crippen molar-refractivity contribution in [1.82, 2.24) is 9.97 Å². The van der Waals surface area contributed by atoms with E-state index in [1.807, 2.05) is 61.0 Å². The van der Waals surface area contributed by atoms with Crippen molar-refractivity contribution in [2.45, 2.75) is 34.1 Å². The van der Waals surface area contributed by atoms with Crippen LogP contribution in [0.2, 0.25) is 0 Å². The first kappa shape index (κ1) is 23.9. The van der Waals surface area contributed by atoms with Gasteiger partial charge in [0.2, 0.25) is 5.91 Å². The Hall–Kier alpha value is -3.79. The molecule has 2 aromatic rings. The number of anilines is 1. The number of amides is 1. The van der Waals surface area contributed by atoms with E-state index >= 15 is 0 Å². The van der Waals surface area contributed by atoms with Crippen LogP contribution in [-0.2, 0) is 4.79 Å². The third-order valence-corrected chi connectivity index (χ3v) is 5.61. The number of nitrogens with one attached hydrogen (secondary N) is 1. The minimum atomic E-state index is -0.152. The Bertz CT molecular complexity index is 1150. The largest absolute Gasteiger partial charge is 0.323 e. The summed E-state index contributed by atoms with van der Waals surface area (Å²) in [6.45, 7) is 8.79. The van der Waals surface area contributed by atoms with Crippen molar-refractivity contribution >= 4 is 17.2 Å². The summed E-state index contributed by atoms with van der Waals surface area (Å²) in [5.74, 6) is -0.152. The number of hydrogen-bond acceptors (Lipinski definition) is 3. The number of allylic oxidation sites excluding steroid dienone is 11. The predicted octanol–water partition coefficient (Wildman–Crippen LogP) is 6.86. The minimum absolute atomic E-state index is 0.0602. The number of aromatic nitrogens is 2. The summed E-state index contributed by atoms with van der Waals surface area (Å²) < 4.78 is 0. The summed E-state index contributed by atoms with van der Waals surface area (Å²) in [5.41, 5.74) is 6.80. The van der Waals surface area contributed by atoms with E-state index in [1.54, 1.807) is 12.4 Å². The third kappa shape index (κ3) is 6.84. The van der Waals surface area contributed by atoms with Gasteiger partial charge in [0.25, 0.3) is 0 Å². The number of rotatable bonds is 7. The molecule has 1 aromatic carbocycles. The van der Waals surface area contributed by atoms with Gasteiger partial charge in [0.1, 0.15) is 6.33 Å². The molecule has 0 radical (unpaired) electrons. The van der Waals surface area contributed by atoms with Crippen LogP contribution in [0.1, 0.15) is 39.7 Å². The maximum Gasteiger partial charge on any atom is 0.248 e. The Morgan fingerprint density at radius 1 is 1.03 bits per heavy atom. The minimum Gasteiger partial charge on any atom is -0.323 e. The zero-order valence-corrected chi connectivity index (χ0v) is 19.7. The molecular weight excluding hydrogens is 406 g/mol. The second-order valence-electron chi connectivity index (χ2n) is 8.71. The summed E-state index contributed by atoms with van der Waals surface area (Å²) in [6, 6.07) is 9.41. The van der Waals surface area contributed by atoms with Gasteiger partial charge in [-0.15, -0.1) is 0 Å². The fourth-order valence-electron chi connectivity index (χ4n) is 3.79. The molecule has 4 heteroatoms. The van der Waals surface area contributed by atoms with Crippen LogP contribution in [0.25, 0.3) is 5.57 Å². The van der Waals surface area contributed by atoms with Crippen LogP contribution in [0.3, 0.4) is 0 Å². The molecular formula is C29H31N3O. The van der Waals surface area contributed by atoms with Crippen molar-refractivity contribution in [3.05, 3.63) is 120 Å². The topological polar surface area (TPSA) is 54.9 Å². The van der Waals surface area contributed by atoms with Crippen molar-refractivity contribution in [2.75, 3.05) is 5.32 Å². The van der Waals surface area contributed by atoms with Crippen LogP contribution in [0.15, 0.2) is 114 Å². The van der Waals surface area contributed by atoms with Gasteiger partial charge in [0.05, 0.1) is 0 Å². The maximum atomic E-state index is 11.9. The van der Waals surface area contributed by atoms with Crippen LogP contribution in [-0.4, -0.2) is 15.9 Å². The van der Waals surface area contributed by atoms with Gasteiger partial charge in [-0.1, -0.05) is 80.2 Å². The highest BCUT2D eigenvalue weighted by molar-refractivity contribution is 5.99. The molecule has 4 nitrogen and oxygen atoms in total. The summed E-state index contributed by atoms with van der Waals surface area (Å²) in [5, 5.41) is 2.82.